The highest BCUT2D eigenvalue weighted by Crippen LogP contribution is 2.42. The van der Waals surface area contributed by atoms with Crippen molar-refractivity contribution in [2.24, 2.45) is 29.6 Å². The maximum Gasteiger partial charge on any atom is 0.309 e. The van der Waals surface area contributed by atoms with E-state index in [2.05, 4.69) is 13.0 Å². The molecule has 4 heteroatoms. The molecule has 0 spiro atoms. The molecule has 3 fully saturated rings. The first kappa shape index (κ1) is 21.6. The van der Waals surface area contributed by atoms with Crippen LogP contribution >= 0.6 is 0 Å². The Morgan fingerprint density at radius 1 is 1.00 bits per heavy atom. The first-order chi connectivity index (χ1) is 13.6. The van der Waals surface area contributed by atoms with Crippen LogP contribution in [0.1, 0.15) is 96.8 Å². The maximum absolute atomic E-state index is 14.2. The molecule has 3 unspecified atom stereocenters. The number of hydrogen-bond acceptors (Lipinski definition) is 3. The van der Waals surface area contributed by atoms with E-state index in [0.717, 1.165) is 43.4 Å². The van der Waals surface area contributed by atoms with Crippen molar-refractivity contribution in [3.63, 3.8) is 0 Å². The zero-order valence-electron chi connectivity index (χ0n) is 17.6. The quantitative estimate of drug-likeness (QED) is 0.495. The number of nitrogens with zero attached hydrogens (tertiary/aromatic N) is 1. The average molecular weight is 392 g/mol. The van der Waals surface area contributed by atoms with Crippen LogP contribution in [0.2, 0.25) is 0 Å². The van der Waals surface area contributed by atoms with E-state index in [1.165, 1.54) is 44.9 Å². The Morgan fingerprint density at radius 2 is 1.64 bits per heavy atom. The molecule has 3 aliphatic rings. The molecule has 3 nitrogen and oxygen atoms in total. The number of alkyl halides is 1. The lowest BCUT2D eigenvalue weighted by atomic mass is 9.68. The van der Waals surface area contributed by atoms with Crippen LogP contribution in [0.25, 0.3) is 0 Å². The van der Waals surface area contributed by atoms with Gasteiger partial charge in [0.15, 0.2) is 0 Å². The van der Waals surface area contributed by atoms with Gasteiger partial charge in [0.25, 0.3) is 0 Å². The molecule has 0 radical (unpaired) electrons. The van der Waals surface area contributed by atoms with Gasteiger partial charge in [-0.2, -0.15) is 5.26 Å². The number of hydrogen-bond donors (Lipinski definition) is 0. The second kappa shape index (κ2) is 10.6. The van der Waals surface area contributed by atoms with Crippen LogP contribution in [-0.4, -0.2) is 18.2 Å². The van der Waals surface area contributed by atoms with E-state index in [1.54, 1.807) is 0 Å². The van der Waals surface area contributed by atoms with E-state index in [4.69, 9.17) is 10.00 Å². The van der Waals surface area contributed by atoms with Crippen LogP contribution in [0.5, 0.6) is 0 Å². The predicted molar refractivity (Wildman–Crippen MR) is 108 cm³/mol. The Balaban J connectivity index is 1.37. The van der Waals surface area contributed by atoms with Gasteiger partial charge in [0.1, 0.15) is 12.3 Å². The molecule has 158 valence electrons. The predicted octanol–water partition coefficient (Wildman–Crippen LogP) is 6.36. The van der Waals surface area contributed by atoms with Crippen LogP contribution in [0.3, 0.4) is 0 Å². The lowest BCUT2D eigenvalue weighted by Crippen LogP contribution is -2.37. The van der Waals surface area contributed by atoms with Gasteiger partial charge in [-0.05, 0) is 75.5 Å². The summed E-state index contributed by atoms with van der Waals surface area (Å²) in [7, 11) is 0. The third-order valence-electron chi connectivity index (χ3n) is 7.79. The Kier molecular flexibility index (Phi) is 8.18. The SMILES string of the molecule is CCCCC1CCC(C2CCC(C(=O)OC3CCC(C#N)CC3F)CC2)CC1. The average Bonchev–Trinajstić information content (AvgIpc) is 2.74. The fourth-order valence-corrected chi connectivity index (χ4v) is 5.85. The lowest BCUT2D eigenvalue weighted by Gasteiger charge is -2.38. The zero-order chi connectivity index (χ0) is 19.9. The van der Waals surface area contributed by atoms with Crippen LogP contribution in [0.4, 0.5) is 4.39 Å². The molecule has 0 amide bonds. The highest BCUT2D eigenvalue weighted by molar-refractivity contribution is 5.72. The number of carbonyl (C=O) groups is 1. The third kappa shape index (κ3) is 5.71. The van der Waals surface area contributed by atoms with Crippen LogP contribution in [-0.2, 0) is 9.53 Å². The summed E-state index contributed by atoms with van der Waals surface area (Å²) < 4.78 is 19.7. The van der Waals surface area contributed by atoms with Gasteiger partial charge in [-0.3, -0.25) is 4.79 Å². The first-order valence-corrected chi connectivity index (χ1v) is 11.8. The molecule has 3 rings (SSSR count). The van der Waals surface area contributed by atoms with E-state index in [1.807, 2.05) is 0 Å². The van der Waals surface area contributed by atoms with Crippen molar-refractivity contribution in [2.75, 3.05) is 0 Å². The summed E-state index contributed by atoms with van der Waals surface area (Å²) in [5, 5.41) is 8.94. The highest BCUT2D eigenvalue weighted by Gasteiger charge is 2.37. The molecular weight excluding hydrogens is 353 g/mol. The molecule has 0 heterocycles. The van der Waals surface area contributed by atoms with E-state index in [0.29, 0.717) is 12.8 Å². The van der Waals surface area contributed by atoms with Gasteiger partial charge in [-0.15, -0.1) is 0 Å². The van der Waals surface area contributed by atoms with Crippen molar-refractivity contribution >= 4 is 5.97 Å². The Bertz CT molecular complexity index is 529. The number of ether oxygens (including phenoxy) is 1. The molecule has 3 aliphatic carbocycles. The topological polar surface area (TPSA) is 50.1 Å². The Hall–Kier alpha value is -1.11. The lowest BCUT2D eigenvalue weighted by molar-refractivity contribution is -0.161. The smallest absolute Gasteiger partial charge is 0.309 e. The van der Waals surface area contributed by atoms with Crippen molar-refractivity contribution in [3.8, 4) is 6.07 Å². The van der Waals surface area contributed by atoms with E-state index in [-0.39, 0.29) is 24.2 Å². The van der Waals surface area contributed by atoms with Gasteiger partial charge in [-0.25, -0.2) is 4.39 Å². The molecule has 0 aromatic heterocycles. The normalized spacial score (nSPS) is 39.1. The zero-order valence-corrected chi connectivity index (χ0v) is 17.6. The number of esters is 1. The highest BCUT2D eigenvalue weighted by atomic mass is 19.1. The Labute approximate surface area is 170 Å². The summed E-state index contributed by atoms with van der Waals surface area (Å²) in [6.45, 7) is 2.28. The minimum Gasteiger partial charge on any atom is -0.459 e. The van der Waals surface area contributed by atoms with Gasteiger partial charge in [0.05, 0.1) is 12.0 Å². The monoisotopic (exact) mass is 391 g/mol. The van der Waals surface area contributed by atoms with E-state index < -0.39 is 12.3 Å². The molecule has 28 heavy (non-hydrogen) atoms. The van der Waals surface area contributed by atoms with E-state index in [9.17, 15) is 9.18 Å². The van der Waals surface area contributed by atoms with Crippen molar-refractivity contribution in [3.05, 3.63) is 0 Å². The Morgan fingerprint density at radius 3 is 2.21 bits per heavy atom. The summed E-state index contributed by atoms with van der Waals surface area (Å²) in [6, 6.07) is 2.14. The van der Waals surface area contributed by atoms with E-state index >= 15 is 0 Å². The van der Waals surface area contributed by atoms with Crippen molar-refractivity contribution in [1.82, 2.24) is 0 Å². The summed E-state index contributed by atoms with van der Waals surface area (Å²) in [6.07, 6.45) is 13.2. The number of unbranched alkanes of at least 4 members (excludes halogenated alkanes) is 1. The van der Waals surface area contributed by atoms with Gasteiger partial charge < -0.3 is 4.74 Å². The van der Waals surface area contributed by atoms with Crippen LogP contribution in [0.15, 0.2) is 0 Å². The molecule has 0 bridgehead atoms. The molecule has 0 aromatic rings. The summed E-state index contributed by atoms with van der Waals surface area (Å²) in [5.74, 6) is 2.12. The maximum atomic E-state index is 14.2. The second-order valence-electron chi connectivity index (χ2n) is 9.67. The molecule has 0 N–H and O–H groups in total. The molecular formula is C24H38FNO2. The van der Waals surface area contributed by atoms with Crippen LogP contribution in [0, 0.1) is 40.9 Å². The summed E-state index contributed by atoms with van der Waals surface area (Å²) in [5.41, 5.74) is 0. The van der Waals surface area contributed by atoms with Gasteiger partial charge in [0.2, 0.25) is 0 Å². The third-order valence-corrected chi connectivity index (χ3v) is 7.79. The first-order valence-electron chi connectivity index (χ1n) is 11.8. The number of halogens is 1. The molecule has 0 aliphatic heterocycles. The van der Waals surface area contributed by atoms with Crippen LogP contribution < -0.4 is 0 Å². The summed E-state index contributed by atoms with van der Waals surface area (Å²) >= 11 is 0. The largest absolute Gasteiger partial charge is 0.459 e. The van der Waals surface area contributed by atoms with Gasteiger partial charge >= 0.3 is 5.97 Å². The molecule has 3 saturated carbocycles. The molecule has 3 atom stereocenters. The van der Waals surface area contributed by atoms with Gasteiger partial charge in [0, 0.05) is 5.92 Å². The number of nitriles is 1. The molecule has 0 aromatic carbocycles. The number of rotatable bonds is 6. The van der Waals surface area contributed by atoms with Crippen molar-refractivity contribution in [2.45, 2.75) is 109 Å². The molecule has 0 saturated heterocycles. The fraction of sp³-hybridized carbons (Fsp3) is 0.917. The van der Waals surface area contributed by atoms with Crippen molar-refractivity contribution in [1.29, 1.82) is 5.26 Å². The number of carbonyl (C=O) groups excluding carboxylic acids is 1. The summed E-state index contributed by atoms with van der Waals surface area (Å²) in [4.78, 5) is 12.5. The fourth-order valence-electron chi connectivity index (χ4n) is 5.85. The van der Waals surface area contributed by atoms with Gasteiger partial charge in [-0.1, -0.05) is 39.0 Å². The standard InChI is InChI=1S/C24H38FNO2/c1-2-3-4-17-5-8-19(9-6-17)20-10-12-21(13-11-20)24(27)28-23-14-7-18(16-26)15-22(23)25/h17-23H,2-15H2,1H3. The second-order valence-corrected chi connectivity index (χ2v) is 9.67. The minimum absolute atomic E-state index is 0.0435. The van der Waals surface area contributed by atoms with Crippen molar-refractivity contribution < 1.29 is 13.9 Å². The minimum atomic E-state index is -1.18.